The molecule has 1 nitrogen and oxygen atoms in total. The van der Waals surface area contributed by atoms with E-state index in [0.717, 1.165) is 12.8 Å². The van der Waals surface area contributed by atoms with E-state index in [9.17, 15) is 0 Å². The van der Waals surface area contributed by atoms with E-state index in [1.807, 2.05) is 6.08 Å². The van der Waals surface area contributed by atoms with E-state index in [-0.39, 0.29) is 0 Å². The first-order chi connectivity index (χ1) is 4.30. The second-order valence-corrected chi connectivity index (χ2v) is 2.35. The Kier molecular flexibility index (Phi) is 1.79. The molecule has 1 aliphatic carbocycles. The fourth-order valence-electron chi connectivity index (χ4n) is 0.822. The summed E-state index contributed by atoms with van der Waals surface area (Å²) < 4.78 is 0. The van der Waals surface area contributed by atoms with Crippen molar-refractivity contribution in [1.82, 2.24) is 4.90 Å². The molecule has 0 aliphatic heterocycles. The lowest BCUT2D eigenvalue weighted by molar-refractivity contribution is 0.488. The minimum absolute atomic E-state index is 1.02. The zero-order chi connectivity index (χ0) is 6.69. The summed E-state index contributed by atoms with van der Waals surface area (Å²) in [6.07, 6.45) is 4.12. The van der Waals surface area contributed by atoms with Crippen molar-refractivity contribution in [2.75, 3.05) is 14.1 Å². The van der Waals surface area contributed by atoms with Gasteiger partial charge in [-0.25, -0.2) is 0 Å². The Hall–Kier alpha value is -0.900. The maximum atomic E-state index is 3.02. The molecule has 0 saturated heterocycles. The fraction of sp³-hybridized carbons (Fsp3) is 0.500. The maximum absolute atomic E-state index is 3.02. The van der Waals surface area contributed by atoms with E-state index in [0.29, 0.717) is 0 Å². The highest BCUT2D eigenvalue weighted by Gasteiger charge is 1.98. The third-order valence-corrected chi connectivity index (χ3v) is 1.42. The molecule has 0 fully saturated rings. The Labute approximate surface area is 56.4 Å². The monoisotopic (exact) mass is 121 g/mol. The van der Waals surface area contributed by atoms with Crippen molar-refractivity contribution in [2.24, 2.45) is 0 Å². The molecule has 1 rings (SSSR count). The van der Waals surface area contributed by atoms with Crippen molar-refractivity contribution in [2.45, 2.75) is 12.8 Å². The van der Waals surface area contributed by atoms with Gasteiger partial charge in [-0.15, -0.1) is 0 Å². The van der Waals surface area contributed by atoms with Crippen LogP contribution in [0.3, 0.4) is 0 Å². The molecule has 0 aromatic rings. The smallest absolute Gasteiger partial charge is 0.0222 e. The van der Waals surface area contributed by atoms with Gasteiger partial charge in [0, 0.05) is 32.3 Å². The maximum Gasteiger partial charge on any atom is 0.0222 e. The Balaban J connectivity index is 2.63. The number of allylic oxidation sites excluding steroid dienone is 2. The highest BCUT2D eigenvalue weighted by atomic mass is 15.1. The summed E-state index contributed by atoms with van der Waals surface area (Å²) in [6, 6.07) is 0. The summed E-state index contributed by atoms with van der Waals surface area (Å²) in [5.74, 6) is 5.98. The molecule has 0 radical (unpaired) electrons. The van der Waals surface area contributed by atoms with Gasteiger partial charge in [0.05, 0.1) is 0 Å². The third kappa shape index (κ3) is 1.50. The zero-order valence-corrected chi connectivity index (χ0v) is 5.94. The average Bonchev–Trinajstić information content (AvgIpc) is 1.90. The molecule has 0 unspecified atom stereocenters. The van der Waals surface area contributed by atoms with Gasteiger partial charge in [-0.05, 0) is 6.42 Å². The third-order valence-electron chi connectivity index (χ3n) is 1.42. The molecule has 9 heavy (non-hydrogen) atoms. The van der Waals surface area contributed by atoms with Gasteiger partial charge in [0.2, 0.25) is 0 Å². The second-order valence-electron chi connectivity index (χ2n) is 2.35. The average molecular weight is 121 g/mol. The van der Waals surface area contributed by atoms with E-state index in [4.69, 9.17) is 0 Å². The molecule has 0 heterocycles. The van der Waals surface area contributed by atoms with E-state index >= 15 is 0 Å². The van der Waals surface area contributed by atoms with Crippen LogP contribution in [0.1, 0.15) is 12.8 Å². The minimum atomic E-state index is 1.02. The summed E-state index contributed by atoms with van der Waals surface area (Å²) in [5, 5.41) is 0. The highest BCUT2D eigenvalue weighted by Crippen LogP contribution is 2.08. The van der Waals surface area contributed by atoms with Crippen LogP contribution in [0.5, 0.6) is 0 Å². The standard InChI is InChI=1S/C8H11N/c1-9(2)8-6-4-3-5-7-8/h7H,4,6H2,1-2H3. The van der Waals surface area contributed by atoms with Crippen molar-refractivity contribution in [3.8, 4) is 11.8 Å². The molecule has 1 heteroatoms. The Morgan fingerprint density at radius 1 is 1.56 bits per heavy atom. The van der Waals surface area contributed by atoms with Gasteiger partial charge in [0.25, 0.3) is 0 Å². The van der Waals surface area contributed by atoms with Crippen molar-refractivity contribution in [3.05, 3.63) is 11.8 Å². The van der Waals surface area contributed by atoms with Gasteiger partial charge < -0.3 is 4.90 Å². The molecule has 0 aromatic heterocycles. The van der Waals surface area contributed by atoms with Crippen LogP contribution in [0, 0.1) is 11.8 Å². The van der Waals surface area contributed by atoms with Crippen molar-refractivity contribution < 1.29 is 0 Å². The van der Waals surface area contributed by atoms with Crippen LogP contribution in [-0.2, 0) is 0 Å². The highest BCUT2D eigenvalue weighted by molar-refractivity contribution is 5.25. The lowest BCUT2D eigenvalue weighted by Gasteiger charge is -2.16. The Bertz CT molecular complexity index is 178. The van der Waals surface area contributed by atoms with E-state index in [2.05, 4.69) is 30.8 Å². The van der Waals surface area contributed by atoms with Crippen LogP contribution in [0.25, 0.3) is 0 Å². The first kappa shape index (κ1) is 6.22. The Morgan fingerprint density at radius 2 is 2.33 bits per heavy atom. The molecule has 0 amide bonds. The van der Waals surface area contributed by atoms with Crippen molar-refractivity contribution >= 4 is 0 Å². The first-order valence-corrected chi connectivity index (χ1v) is 3.15. The molecule has 48 valence electrons. The minimum Gasteiger partial charge on any atom is -0.380 e. The molecular weight excluding hydrogens is 110 g/mol. The van der Waals surface area contributed by atoms with Crippen LogP contribution >= 0.6 is 0 Å². The topological polar surface area (TPSA) is 3.24 Å². The largest absolute Gasteiger partial charge is 0.380 e. The summed E-state index contributed by atoms with van der Waals surface area (Å²) in [6.45, 7) is 0. The zero-order valence-electron chi connectivity index (χ0n) is 5.94. The number of rotatable bonds is 1. The summed E-state index contributed by atoms with van der Waals surface area (Å²) >= 11 is 0. The predicted octanol–water partition coefficient (Wildman–Crippen LogP) is 1.23. The molecular formula is C8H11N. The van der Waals surface area contributed by atoms with Crippen LogP contribution in [0.2, 0.25) is 0 Å². The molecule has 0 spiro atoms. The van der Waals surface area contributed by atoms with Gasteiger partial charge in [-0.3, -0.25) is 0 Å². The second kappa shape index (κ2) is 2.59. The lowest BCUT2D eigenvalue weighted by atomic mass is 10.1. The number of hydrogen-bond acceptors (Lipinski definition) is 1. The van der Waals surface area contributed by atoms with Gasteiger partial charge >= 0.3 is 0 Å². The predicted molar refractivity (Wildman–Crippen MR) is 38.8 cm³/mol. The molecule has 1 aliphatic rings. The molecule has 0 atom stereocenters. The molecule has 0 bridgehead atoms. The fourth-order valence-corrected chi connectivity index (χ4v) is 0.822. The summed E-state index contributed by atoms with van der Waals surface area (Å²) in [4.78, 5) is 2.12. The normalized spacial score (nSPS) is 15.6. The first-order valence-electron chi connectivity index (χ1n) is 3.15. The molecule has 0 N–H and O–H groups in total. The molecule has 0 aromatic carbocycles. The van der Waals surface area contributed by atoms with Gasteiger partial charge in [-0.1, -0.05) is 11.8 Å². The van der Waals surface area contributed by atoms with Crippen molar-refractivity contribution in [1.29, 1.82) is 0 Å². The van der Waals surface area contributed by atoms with Crippen LogP contribution in [0.4, 0.5) is 0 Å². The molecule has 0 saturated carbocycles. The summed E-state index contributed by atoms with van der Waals surface area (Å²) in [7, 11) is 4.11. The van der Waals surface area contributed by atoms with Gasteiger partial charge in [0.15, 0.2) is 0 Å². The summed E-state index contributed by atoms with van der Waals surface area (Å²) in [5.41, 5.74) is 1.34. The van der Waals surface area contributed by atoms with Crippen LogP contribution < -0.4 is 0 Å². The van der Waals surface area contributed by atoms with E-state index in [1.54, 1.807) is 0 Å². The van der Waals surface area contributed by atoms with Gasteiger partial charge in [-0.2, -0.15) is 0 Å². The SMILES string of the molecule is CN(C)C1=CC#CCC1. The number of hydrogen-bond donors (Lipinski definition) is 0. The van der Waals surface area contributed by atoms with Crippen LogP contribution in [0.15, 0.2) is 11.8 Å². The van der Waals surface area contributed by atoms with Crippen molar-refractivity contribution in [3.63, 3.8) is 0 Å². The number of nitrogens with zero attached hydrogens (tertiary/aromatic N) is 1. The van der Waals surface area contributed by atoms with Gasteiger partial charge in [0.1, 0.15) is 0 Å². The van der Waals surface area contributed by atoms with Crippen LogP contribution in [-0.4, -0.2) is 19.0 Å². The van der Waals surface area contributed by atoms with E-state index in [1.165, 1.54) is 5.70 Å². The van der Waals surface area contributed by atoms with E-state index < -0.39 is 0 Å². The lowest BCUT2D eigenvalue weighted by Crippen LogP contribution is -2.11. The quantitative estimate of drug-likeness (QED) is 0.472. The Morgan fingerprint density at radius 3 is 2.67 bits per heavy atom.